The number of aromatic nitrogens is 1. The fraction of sp³-hybridized carbons (Fsp3) is 0.286. The Labute approximate surface area is 116 Å². The van der Waals surface area contributed by atoms with Crippen LogP contribution in [0.4, 0.5) is 5.69 Å². The normalized spacial score (nSPS) is 10.4. The van der Waals surface area contributed by atoms with Crippen LogP contribution < -0.4 is 5.73 Å². The third kappa shape index (κ3) is 3.79. The van der Waals surface area contributed by atoms with E-state index < -0.39 is 0 Å². The Hall–Kier alpha value is -1.88. The number of thiophene rings is 1. The van der Waals surface area contributed by atoms with Gasteiger partial charge in [-0.2, -0.15) is 0 Å². The average molecular weight is 275 g/mol. The van der Waals surface area contributed by atoms with Crippen LogP contribution in [0.15, 0.2) is 35.8 Å². The van der Waals surface area contributed by atoms with Crippen molar-refractivity contribution >= 4 is 22.9 Å². The monoisotopic (exact) mass is 275 g/mol. The molecule has 4 nitrogen and oxygen atoms in total. The Morgan fingerprint density at radius 2 is 2.26 bits per heavy atom. The Kier molecular flexibility index (Phi) is 4.52. The minimum atomic E-state index is 0.0909. The van der Waals surface area contributed by atoms with Crippen LogP contribution in [0.3, 0.4) is 0 Å². The van der Waals surface area contributed by atoms with Gasteiger partial charge in [-0.25, -0.2) is 0 Å². The molecule has 0 radical (unpaired) electrons. The van der Waals surface area contributed by atoms with Gasteiger partial charge in [-0.3, -0.25) is 9.78 Å². The molecule has 5 heteroatoms. The minimum absolute atomic E-state index is 0.0909. The van der Waals surface area contributed by atoms with Crippen molar-refractivity contribution in [2.24, 2.45) is 0 Å². The van der Waals surface area contributed by atoms with Gasteiger partial charge in [0.05, 0.1) is 24.8 Å². The summed E-state index contributed by atoms with van der Waals surface area (Å²) in [5.41, 5.74) is 6.94. The Morgan fingerprint density at radius 1 is 1.42 bits per heavy atom. The molecule has 0 unspecified atom stereocenters. The number of carbonyl (C=O) groups excluding carboxylic acids is 1. The molecule has 0 saturated carbocycles. The lowest BCUT2D eigenvalue weighted by Crippen LogP contribution is -2.31. The van der Waals surface area contributed by atoms with E-state index >= 15 is 0 Å². The molecule has 0 spiro atoms. The molecule has 0 bridgehead atoms. The van der Waals surface area contributed by atoms with Crippen LogP contribution in [-0.4, -0.2) is 22.3 Å². The van der Waals surface area contributed by atoms with Gasteiger partial charge in [0, 0.05) is 17.1 Å². The average Bonchev–Trinajstić information content (AvgIpc) is 2.91. The summed E-state index contributed by atoms with van der Waals surface area (Å²) in [6.07, 6.45) is 1.90. The third-order valence-electron chi connectivity index (χ3n) is 2.84. The highest BCUT2D eigenvalue weighted by atomic mass is 32.1. The number of rotatable bonds is 5. The Bertz CT molecular complexity index is 522. The van der Waals surface area contributed by atoms with Crippen molar-refractivity contribution in [3.8, 4) is 0 Å². The molecule has 0 atom stereocenters. The predicted octanol–water partition coefficient (Wildman–Crippen LogP) is 2.32. The van der Waals surface area contributed by atoms with Crippen LogP contribution in [0.25, 0.3) is 0 Å². The molecule has 0 aliphatic heterocycles. The number of hydrogen-bond donors (Lipinski definition) is 1. The van der Waals surface area contributed by atoms with Gasteiger partial charge in [0.1, 0.15) is 0 Å². The second kappa shape index (κ2) is 6.33. The number of carbonyl (C=O) groups is 1. The Morgan fingerprint density at radius 3 is 2.84 bits per heavy atom. The molecule has 0 fully saturated rings. The zero-order chi connectivity index (χ0) is 13.7. The number of hydrogen-bond acceptors (Lipinski definition) is 4. The maximum atomic E-state index is 12.2. The number of pyridine rings is 1. The summed E-state index contributed by atoms with van der Waals surface area (Å²) in [6, 6.07) is 7.61. The van der Waals surface area contributed by atoms with Crippen molar-refractivity contribution in [1.29, 1.82) is 0 Å². The molecule has 2 aromatic heterocycles. The lowest BCUT2D eigenvalue weighted by atomic mass is 10.2. The van der Waals surface area contributed by atoms with E-state index in [4.69, 9.17) is 5.73 Å². The summed E-state index contributed by atoms with van der Waals surface area (Å²) < 4.78 is 0. The number of amides is 1. The quantitative estimate of drug-likeness (QED) is 0.911. The smallest absolute Gasteiger partial charge is 0.228 e. The van der Waals surface area contributed by atoms with Crippen molar-refractivity contribution in [1.82, 2.24) is 9.88 Å². The standard InChI is InChI=1S/C14H17N3OS/c1-2-17(10-13-4-3-7-19-13)14(18)8-12-6-5-11(15)9-16-12/h3-7,9H,2,8,10,15H2,1H3. The van der Waals surface area contributed by atoms with E-state index in [1.54, 1.807) is 29.7 Å². The first-order valence-electron chi connectivity index (χ1n) is 6.19. The van der Waals surface area contributed by atoms with Gasteiger partial charge in [0.15, 0.2) is 0 Å². The second-order valence-electron chi connectivity index (χ2n) is 4.25. The van der Waals surface area contributed by atoms with Gasteiger partial charge in [0.25, 0.3) is 0 Å². The van der Waals surface area contributed by atoms with Gasteiger partial charge in [-0.05, 0) is 30.5 Å². The number of anilines is 1. The zero-order valence-electron chi connectivity index (χ0n) is 10.9. The summed E-state index contributed by atoms with van der Waals surface area (Å²) in [4.78, 5) is 19.4. The van der Waals surface area contributed by atoms with E-state index in [-0.39, 0.29) is 5.91 Å². The molecule has 0 aliphatic rings. The first kappa shape index (κ1) is 13.5. The molecule has 0 saturated heterocycles. The van der Waals surface area contributed by atoms with E-state index in [9.17, 15) is 4.79 Å². The van der Waals surface area contributed by atoms with Crippen LogP contribution in [0, 0.1) is 0 Å². The predicted molar refractivity (Wildman–Crippen MR) is 77.8 cm³/mol. The van der Waals surface area contributed by atoms with Crippen molar-refractivity contribution in [3.05, 3.63) is 46.4 Å². The van der Waals surface area contributed by atoms with E-state index in [0.29, 0.717) is 25.2 Å². The summed E-state index contributed by atoms with van der Waals surface area (Å²) in [5, 5.41) is 2.02. The molecule has 19 heavy (non-hydrogen) atoms. The number of nitrogens with two attached hydrogens (primary N) is 1. The van der Waals surface area contributed by atoms with Crippen LogP contribution in [-0.2, 0) is 17.8 Å². The Balaban J connectivity index is 1.98. The minimum Gasteiger partial charge on any atom is -0.397 e. The summed E-state index contributed by atoms with van der Waals surface area (Å²) in [7, 11) is 0. The summed E-state index contributed by atoms with van der Waals surface area (Å²) in [5.74, 6) is 0.0909. The maximum absolute atomic E-state index is 12.2. The molecule has 2 N–H and O–H groups in total. The van der Waals surface area contributed by atoms with Crippen molar-refractivity contribution < 1.29 is 4.79 Å². The van der Waals surface area contributed by atoms with Crippen molar-refractivity contribution in [2.45, 2.75) is 19.9 Å². The molecular weight excluding hydrogens is 258 g/mol. The van der Waals surface area contributed by atoms with Gasteiger partial charge in [-0.15, -0.1) is 11.3 Å². The number of nitrogens with zero attached hydrogens (tertiary/aromatic N) is 2. The first-order valence-corrected chi connectivity index (χ1v) is 7.07. The highest BCUT2D eigenvalue weighted by molar-refractivity contribution is 7.09. The highest BCUT2D eigenvalue weighted by Gasteiger charge is 2.13. The molecule has 0 aliphatic carbocycles. The van der Waals surface area contributed by atoms with E-state index in [1.165, 1.54) is 4.88 Å². The maximum Gasteiger partial charge on any atom is 0.228 e. The highest BCUT2D eigenvalue weighted by Crippen LogP contribution is 2.13. The summed E-state index contributed by atoms with van der Waals surface area (Å²) >= 11 is 1.67. The lowest BCUT2D eigenvalue weighted by molar-refractivity contribution is -0.130. The molecule has 1 amide bonds. The van der Waals surface area contributed by atoms with Crippen LogP contribution in [0.2, 0.25) is 0 Å². The van der Waals surface area contributed by atoms with Crippen LogP contribution >= 0.6 is 11.3 Å². The third-order valence-corrected chi connectivity index (χ3v) is 3.70. The number of likely N-dealkylation sites (N-methyl/N-ethyl adjacent to an activating group) is 1. The van der Waals surface area contributed by atoms with Gasteiger partial charge >= 0.3 is 0 Å². The largest absolute Gasteiger partial charge is 0.397 e. The van der Waals surface area contributed by atoms with E-state index in [1.807, 2.05) is 29.3 Å². The lowest BCUT2D eigenvalue weighted by Gasteiger charge is -2.20. The van der Waals surface area contributed by atoms with Crippen molar-refractivity contribution in [2.75, 3.05) is 12.3 Å². The fourth-order valence-electron chi connectivity index (χ4n) is 1.77. The number of nitrogen functional groups attached to an aromatic ring is 1. The van der Waals surface area contributed by atoms with Gasteiger partial charge in [0.2, 0.25) is 5.91 Å². The molecule has 2 aromatic rings. The van der Waals surface area contributed by atoms with Crippen LogP contribution in [0.5, 0.6) is 0 Å². The van der Waals surface area contributed by atoms with E-state index in [0.717, 1.165) is 5.69 Å². The topological polar surface area (TPSA) is 59.2 Å². The molecule has 2 rings (SSSR count). The van der Waals surface area contributed by atoms with Crippen molar-refractivity contribution in [3.63, 3.8) is 0 Å². The summed E-state index contributed by atoms with van der Waals surface area (Å²) in [6.45, 7) is 3.36. The zero-order valence-corrected chi connectivity index (χ0v) is 11.7. The second-order valence-corrected chi connectivity index (χ2v) is 5.28. The van der Waals surface area contributed by atoms with Crippen LogP contribution in [0.1, 0.15) is 17.5 Å². The fourth-order valence-corrected chi connectivity index (χ4v) is 2.49. The molecule has 100 valence electrons. The molecular formula is C14H17N3OS. The molecule has 0 aromatic carbocycles. The van der Waals surface area contributed by atoms with Gasteiger partial charge < -0.3 is 10.6 Å². The molecule has 2 heterocycles. The van der Waals surface area contributed by atoms with E-state index in [2.05, 4.69) is 4.98 Å². The SMILES string of the molecule is CCN(Cc1cccs1)C(=O)Cc1ccc(N)cn1. The van der Waals surface area contributed by atoms with Gasteiger partial charge in [-0.1, -0.05) is 6.07 Å². The first-order chi connectivity index (χ1) is 9.19.